The number of thiophene rings is 1. The highest BCUT2D eigenvalue weighted by atomic mass is 35.5. The maximum atomic E-state index is 6.38. The van der Waals surface area contributed by atoms with Gasteiger partial charge in [-0.2, -0.15) is 5.10 Å². The summed E-state index contributed by atoms with van der Waals surface area (Å²) in [4.78, 5) is 3.20. The van der Waals surface area contributed by atoms with E-state index in [2.05, 4.69) is 22.2 Å². The van der Waals surface area contributed by atoms with Gasteiger partial charge in [-0.05, 0) is 32.1 Å². The molecule has 0 fully saturated rings. The molecule has 2 aromatic rings. The first-order valence-corrected chi connectivity index (χ1v) is 8.50. The normalized spacial score (nSPS) is 13.0. The van der Waals surface area contributed by atoms with E-state index in [4.69, 9.17) is 23.2 Å². The van der Waals surface area contributed by atoms with Crippen molar-refractivity contribution in [1.29, 1.82) is 0 Å². The van der Waals surface area contributed by atoms with E-state index in [0.29, 0.717) is 5.02 Å². The van der Waals surface area contributed by atoms with E-state index >= 15 is 0 Å². The molecule has 0 aliphatic carbocycles. The Morgan fingerprint density at radius 3 is 2.71 bits per heavy atom. The molecule has 4 nitrogen and oxygen atoms in total. The Morgan fingerprint density at radius 2 is 2.14 bits per heavy atom. The van der Waals surface area contributed by atoms with Crippen LogP contribution in [0.3, 0.4) is 0 Å². The lowest BCUT2D eigenvalue weighted by Gasteiger charge is -2.20. The summed E-state index contributed by atoms with van der Waals surface area (Å²) in [5.41, 5.74) is 0.977. The molecule has 0 amide bonds. The quantitative estimate of drug-likeness (QED) is 0.832. The van der Waals surface area contributed by atoms with Crippen molar-refractivity contribution >= 4 is 34.5 Å². The zero-order chi connectivity index (χ0) is 15.4. The van der Waals surface area contributed by atoms with Crippen LogP contribution in [0, 0.1) is 0 Å². The molecule has 0 spiro atoms. The number of rotatable bonds is 7. The molecule has 21 heavy (non-hydrogen) atoms. The summed E-state index contributed by atoms with van der Waals surface area (Å²) in [5.74, 6) is 0. The Balaban J connectivity index is 2.36. The molecule has 7 heteroatoms. The number of hydrogen-bond donors (Lipinski definition) is 1. The highest BCUT2D eigenvalue weighted by Gasteiger charge is 2.24. The van der Waals surface area contributed by atoms with E-state index in [9.17, 15) is 0 Å². The number of hydrogen-bond acceptors (Lipinski definition) is 4. The molecule has 0 aromatic carbocycles. The Morgan fingerprint density at radius 1 is 1.38 bits per heavy atom. The first-order chi connectivity index (χ1) is 10.0. The third-order valence-electron chi connectivity index (χ3n) is 3.18. The van der Waals surface area contributed by atoms with Gasteiger partial charge in [0.25, 0.3) is 0 Å². The summed E-state index contributed by atoms with van der Waals surface area (Å²) >= 11 is 14.3. The summed E-state index contributed by atoms with van der Waals surface area (Å²) in [5, 5.41) is 11.3. The van der Waals surface area contributed by atoms with Crippen LogP contribution >= 0.6 is 34.5 Å². The zero-order valence-corrected chi connectivity index (χ0v) is 14.8. The van der Waals surface area contributed by atoms with Gasteiger partial charge in [0.15, 0.2) is 0 Å². The highest BCUT2D eigenvalue weighted by Crippen LogP contribution is 2.35. The van der Waals surface area contributed by atoms with Crippen molar-refractivity contribution < 1.29 is 0 Å². The first kappa shape index (κ1) is 16.8. The molecular formula is C14H20Cl2N4S. The first-order valence-electron chi connectivity index (χ1n) is 6.86. The second kappa shape index (κ2) is 7.61. The largest absolute Gasteiger partial charge is 0.308 e. The smallest absolute Gasteiger partial charge is 0.0872 e. The Hall–Kier alpha value is -0.590. The van der Waals surface area contributed by atoms with Crippen molar-refractivity contribution in [2.45, 2.75) is 19.5 Å². The fraction of sp³-hybridized carbons (Fsp3) is 0.500. The van der Waals surface area contributed by atoms with Crippen molar-refractivity contribution in [2.24, 2.45) is 0 Å². The second-order valence-electron chi connectivity index (χ2n) is 5.03. The molecule has 1 unspecified atom stereocenters. The third kappa shape index (κ3) is 3.99. The SMILES string of the molecule is CCNC(c1sccc1Cl)c1c(Cl)cnn1CCN(C)C. The van der Waals surface area contributed by atoms with Crippen LogP contribution in [-0.2, 0) is 6.54 Å². The van der Waals surface area contributed by atoms with Crippen molar-refractivity contribution in [3.05, 3.63) is 38.3 Å². The second-order valence-corrected chi connectivity index (χ2v) is 6.79. The molecule has 116 valence electrons. The molecule has 2 heterocycles. The highest BCUT2D eigenvalue weighted by molar-refractivity contribution is 7.10. The standard InChI is InChI=1S/C14H20Cl2N4S/c1-4-17-12(14-10(15)5-8-21-14)13-11(16)9-18-20(13)7-6-19(2)3/h5,8-9,12,17H,4,6-7H2,1-3H3. The number of nitrogens with one attached hydrogen (secondary N) is 1. The number of nitrogens with zero attached hydrogens (tertiary/aromatic N) is 3. The lowest BCUT2D eigenvalue weighted by atomic mass is 10.1. The van der Waals surface area contributed by atoms with Gasteiger partial charge in [-0.25, -0.2) is 0 Å². The van der Waals surface area contributed by atoms with Gasteiger partial charge in [0.2, 0.25) is 0 Å². The average molecular weight is 347 g/mol. The van der Waals surface area contributed by atoms with Crippen molar-refractivity contribution in [1.82, 2.24) is 20.0 Å². The predicted molar refractivity (Wildman–Crippen MR) is 90.6 cm³/mol. The van der Waals surface area contributed by atoms with Crippen LogP contribution in [-0.4, -0.2) is 41.9 Å². The van der Waals surface area contributed by atoms with Crippen molar-refractivity contribution in [2.75, 3.05) is 27.2 Å². The molecule has 0 bridgehead atoms. The molecule has 1 N–H and O–H groups in total. The summed E-state index contributed by atoms with van der Waals surface area (Å²) in [7, 11) is 4.09. The minimum Gasteiger partial charge on any atom is -0.308 e. The van der Waals surface area contributed by atoms with Crippen LogP contribution in [0.5, 0.6) is 0 Å². The van der Waals surface area contributed by atoms with E-state index in [1.807, 2.05) is 30.2 Å². The van der Waals surface area contributed by atoms with E-state index < -0.39 is 0 Å². The van der Waals surface area contributed by atoms with Crippen molar-refractivity contribution in [3.63, 3.8) is 0 Å². The molecule has 1 atom stereocenters. The summed E-state index contributed by atoms with van der Waals surface area (Å²) in [6.45, 7) is 4.60. The topological polar surface area (TPSA) is 33.1 Å². The average Bonchev–Trinajstić information content (AvgIpc) is 3.00. The summed E-state index contributed by atoms with van der Waals surface area (Å²) in [6, 6.07) is 1.89. The third-order valence-corrected chi connectivity index (χ3v) is 4.90. The number of halogens is 2. The van der Waals surface area contributed by atoms with Crippen LogP contribution in [0.25, 0.3) is 0 Å². The molecular weight excluding hydrogens is 327 g/mol. The van der Waals surface area contributed by atoms with Gasteiger partial charge >= 0.3 is 0 Å². The monoisotopic (exact) mass is 346 g/mol. The van der Waals surface area contributed by atoms with Gasteiger partial charge in [-0.1, -0.05) is 30.1 Å². The van der Waals surface area contributed by atoms with Crippen LogP contribution in [0.4, 0.5) is 0 Å². The lowest BCUT2D eigenvalue weighted by molar-refractivity contribution is 0.366. The van der Waals surface area contributed by atoms with Crippen LogP contribution < -0.4 is 5.32 Å². The molecule has 0 aliphatic heterocycles. The number of likely N-dealkylation sites (N-methyl/N-ethyl adjacent to an activating group) is 1. The fourth-order valence-electron chi connectivity index (χ4n) is 2.16. The minimum atomic E-state index is -0.0281. The van der Waals surface area contributed by atoms with E-state index in [1.54, 1.807) is 17.5 Å². The van der Waals surface area contributed by atoms with Gasteiger partial charge in [0.1, 0.15) is 0 Å². The molecule has 0 aliphatic rings. The van der Waals surface area contributed by atoms with Crippen LogP contribution in [0.15, 0.2) is 17.6 Å². The Labute approximate surface area is 139 Å². The Kier molecular flexibility index (Phi) is 6.08. The predicted octanol–water partition coefficient (Wildman–Crippen LogP) is 3.51. The summed E-state index contributed by atoms with van der Waals surface area (Å²) in [6.07, 6.45) is 1.71. The van der Waals surface area contributed by atoms with Gasteiger partial charge in [0.05, 0.1) is 34.5 Å². The lowest BCUT2D eigenvalue weighted by Crippen LogP contribution is -2.27. The molecule has 0 saturated carbocycles. The molecule has 2 aromatic heterocycles. The minimum absolute atomic E-state index is 0.0281. The van der Waals surface area contributed by atoms with Crippen LogP contribution in [0.1, 0.15) is 23.5 Å². The zero-order valence-electron chi connectivity index (χ0n) is 12.4. The van der Waals surface area contributed by atoms with Gasteiger partial charge in [-0.15, -0.1) is 11.3 Å². The van der Waals surface area contributed by atoms with E-state index in [-0.39, 0.29) is 6.04 Å². The maximum Gasteiger partial charge on any atom is 0.0872 e. The number of aromatic nitrogens is 2. The van der Waals surface area contributed by atoms with Crippen LogP contribution in [0.2, 0.25) is 10.0 Å². The molecule has 0 saturated heterocycles. The van der Waals surface area contributed by atoms with Gasteiger partial charge in [-0.3, -0.25) is 4.68 Å². The van der Waals surface area contributed by atoms with Crippen molar-refractivity contribution in [3.8, 4) is 0 Å². The molecule has 2 rings (SSSR count). The van der Waals surface area contributed by atoms with E-state index in [0.717, 1.165) is 35.2 Å². The maximum absolute atomic E-state index is 6.38. The van der Waals surface area contributed by atoms with E-state index in [1.165, 1.54) is 0 Å². The molecule has 0 radical (unpaired) electrons. The van der Waals surface area contributed by atoms with Gasteiger partial charge < -0.3 is 10.2 Å². The summed E-state index contributed by atoms with van der Waals surface area (Å²) < 4.78 is 1.96. The Bertz CT molecular complexity index is 579. The fourth-order valence-corrected chi connectivity index (χ4v) is 3.65. The van der Waals surface area contributed by atoms with Gasteiger partial charge in [0, 0.05) is 11.4 Å².